The molecule has 0 fully saturated rings. The third kappa shape index (κ3) is 3.92. The maximum Gasteiger partial charge on any atom is 0.241 e. The molecule has 0 saturated heterocycles. The van der Waals surface area contributed by atoms with Crippen LogP contribution in [0.15, 0.2) is 29.2 Å². The van der Waals surface area contributed by atoms with Gasteiger partial charge in [-0.25, -0.2) is 13.1 Å². The van der Waals surface area contributed by atoms with Crippen LogP contribution in [0.2, 0.25) is 0 Å². The molecule has 0 aliphatic heterocycles. The highest BCUT2D eigenvalue weighted by molar-refractivity contribution is 7.89. The minimum absolute atomic E-state index is 0.00253. The third-order valence-electron chi connectivity index (χ3n) is 2.25. The highest BCUT2D eigenvalue weighted by Crippen LogP contribution is 2.14. The Morgan fingerprint density at radius 2 is 1.67 bits per heavy atom. The first kappa shape index (κ1) is 14.9. The monoisotopic (exact) mass is 269 g/mol. The summed E-state index contributed by atoms with van der Waals surface area (Å²) in [7, 11) is -3.53. The van der Waals surface area contributed by atoms with Gasteiger partial charge in [-0.2, -0.15) is 0 Å². The van der Waals surface area contributed by atoms with Crippen LogP contribution in [-0.4, -0.2) is 19.7 Å². The first-order chi connectivity index (χ1) is 8.15. The van der Waals surface area contributed by atoms with E-state index >= 15 is 0 Å². The summed E-state index contributed by atoms with van der Waals surface area (Å²) in [6.45, 7) is 7.10. The smallest absolute Gasteiger partial charge is 0.241 e. The molecule has 1 rings (SSSR count). The van der Waals surface area contributed by atoms with Gasteiger partial charge in [-0.3, -0.25) is 4.79 Å². The van der Waals surface area contributed by atoms with Crippen LogP contribution < -0.4 is 4.72 Å². The summed E-state index contributed by atoms with van der Waals surface area (Å²) in [6.07, 6.45) is 0.409. The lowest BCUT2D eigenvalue weighted by atomic mass is 10.1. The van der Waals surface area contributed by atoms with Crippen LogP contribution in [-0.2, 0) is 10.0 Å². The van der Waals surface area contributed by atoms with Crippen LogP contribution >= 0.6 is 0 Å². The second kappa shape index (κ2) is 5.20. The fourth-order valence-electron chi connectivity index (χ4n) is 1.49. The van der Waals surface area contributed by atoms with Gasteiger partial charge in [-0.05, 0) is 32.9 Å². The predicted octanol–water partition coefficient (Wildman–Crippen LogP) is 2.36. The topological polar surface area (TPSA) is 63.2 Å². The molecule has 0 amide bonds. The van der Waals surface area contributed by atoms with Gasteiger partial charge in [0.25, 0.3) is 0 Å². The zero-order valence-corrected chi connectivity index (χ0v) is 12.0. The number of hydrogen-bond donors (Lipinski definition) is 1. The Morgan fingerprint density at radius 1 is 1.17 bits per heavy atom. The molecule has 100 valence electrons. The van der Waals surface area contributed by atoms with Crippen LogP contribution in [0.4, 0.5) is 0 Å². The van der Waals surface area contributed by atoms with Crippen LogP contribution in [0.5, 0.6) is 0 Å². The van der Waals surface area contributed by atoms with Crippen molar-refractivity contribution in [2.75, 3.05) is 0 Å². The Labute approximate surface area is 108 Å². The van der Waals surface area contributed by atoms with E-state index in [0.717, 1.165) is 0 Å². The first-order valence-corrected chi connectivity index (χ1v) is 7.31. The first-order valence-electron chi connectivity index (χ1n) is 5.83. The average molecular weight is 269 g/mol. The molecule has 1 N–H and O–H groups in total. The van der Waals surface area contributed by atoms with E-state index in [4.69, 9.17) is 0 Å². The molecule has 0 bridgehead atoms. The molecule has 0 heterocycles. The van der Waals surface area contributed by atoms with Crippen molar-refractivity contribution in [2.24, 2.45) is 0 Å². The molecule has 0 radical (unpaired) electrons. The predicted molar refractivity (Wildman–Crippen MR) is 71.1 cm³/mol. The highest BCUT2D eigenvalue weighted by atomic mass is 32.2. The SMILES string of the molecule is CCC(=O)c1ccc(S(=O)(=O)NC(C)(C)C)cc1. The number of sulfonamides is 1. The Morgan fingerprint density at radius 3 is 2.06 bits per heavy atom. The van der Waals surface area contributed by atoms with Gasteiger partial charge in [0.15, 0.2) is 5.78 Å². The molecule has 0 atom stereocenters. The van der Waals surface area contributed by atoms with Gasteiger partial charge >= 0.3 is 0 Å². The summed E-state index contributed by atoms with van der Waals surface area (Å²) in [5, 5.41) is 0. The van der Waals surface area contributed by atoms with Gasteiger partial charge < -0.3 is 0 Å². The molecule has 18 heavy (non-hydrogen) atoms. The van der Waals surface area contributed by atoms with Crippen molar-refractivity contribution in [3.63, 3.8) is 0 Å². The van der Waals surface area contributed by atoms with Crippen LogP contribution in [0.3, 0.4) is 0 Å². The van der Waals surface area contributed by atoms with E-state index in [1.54, 1.807) is 39.8 Å². The maximum atomic E-state index is 12.0. The van der Waals surface area contributed by atoms with Gasteiger partial charge in [-0.15, -0.1) is 0 Å². The zero-order valence-electron chi connectivity index (χ0n) is 11.1. The van der Waals surface area contributed by atoms with Crippen molar-refractivity contribution >= 4 is 15.8 Å². The van der Waals surface area contributed by atoms with E-state index in [0.29, 0.717) is 12.0 Å². The van der Waals surface area contributed by atoms with Crippen molar-refractivity contribution in [2.45, 2.75) is 44.6 Å². The summed E-state index contributed by atoms with van der Waals surface area (Å²) in [6, 6.07) is 6.00. The largest absolute Gasteiger partial charge is 0.294 e. The van der Waals surface area contributed by atoms with Crippen LogP contribution in [0.1, 0.15) is 44.5 Å². The third-order valence-corrected chi connectivity index (χ3v) is 4.02. The van der Waals surface area contributed by atoms with E-state index in [-0.39, 0.29) is 10.7 Å². The van der Waals surface area contributed by atoms with Gasteiger partial charge in [0, 0.05) is 17.5 Å². The van der Waals surface area contributed by atoms with E-state index in [1.165, 1.54) is 12.1 Å². The molecule has 1 aromatic rings. The quantitative estimate of drug-likeness (QED) is 0.853. The second-order valence-electron chi connectivity index (χ2n) is 5.16. The minimum Gasteiger partial charge on any atom is -0.294 e. The van der Waals surface area contributed by atoms with Crippen molar-refractivity contribution in [1.29, 1.82) is 0 Å². The number of ketones is 1. The summed E-state index contributed by atoms with van der Waals surface area (Å²) in [5.41, 5.74) is 0.00344. The molecule has 0 unspecified atom stereocenters. The lowest BCUT2D eigenvalue weighted by molar-refractivity contribution is 0.0988. The molecule has 0 saturated carbocycles. The normalized spacial score (nSPS) is 12.4. The minimum atomic E-state index is -3.53. The van der Waals surface area contributed by atoms with E-state index < -0.39 is 15.6 Å². The average Bonchev–Trinajstić information content (AvgIpc) is 2.25. The van der Waals surface area contributed by atoms with Gasteiger partial charge in [0.1, 0.15) is 0 Å². The zero-order chi connectivity index (χ0) is 14.0. The van der Waals surface area contributed by atoms with E-state index in [9.17, 15) is 13.2 Å². The lowest BCUT2D eigenvalue weighted by Crippen LogP contribution is -2.40. The van der Waals surface area contributed by atoms with Crippen molar-refractivity contribution in [3.05, 3.63) is 29.8 Å². The summed E-state index contributed by atoms with van der Waals surface area (Å²) in [4.78, 5) is 11.6. The van der Waals surface area contributed by atoms with Crippen LogP contribution in [0, 0.1) is 0 Å². The molecule has 0 aromatic heterocycles. The molecule has 1 aromatic carbocycles. The number of nitrogens with one attached hydrogen (secondary N) is 1. The second-order valence-corrected chi connectivity index (χ2v) is 6.84. The summed E-state index contributed by atoms with van der Waals surface area (Å²) < 4.78 is 26.6. The number of benzene rings is 1. The Hall–Kier alpha value is -1.20. The Bertz CT molecular complexity index is 524. The number of rotatable bonds is 4. The van der Waals surface area contributed by atoms with Gasteiger partial charge in [0.05, 0.1) is 4.90 Å². The summed E-state index contributed by atoms with van der Waals surface area (Å²) >= 11 is 0. The summed E-state index contributed by atoms with van der Waals surface area (Å²) in [5.74, 6) is 0.00253. The molecule has 0 aliphatic rings. The fourth-order valence-corrected chi connectivity index (χ4v) is 2.90. The number of hydrogen-bond acceptors (Lipinski definition) is 3. The van der Waals surface area contributed by atoms with E-state index in [2.05, 4.69) is 4.72 Å². The number of carbonyl (C=O) groups is 1. The van der Waals surface area contributed by atoms with Gasteiger partial charge in [-0.1, -0.05) is 19.1 Å². The Balaban J connectivity index is 3.02. The number of Topliss-reactive ketones (excluding diaryl/α,β-unsaturated/α-hetero) is 1. The van der Waals surface area contributed by atoms with Gasteiger partial charge in [0.2, 0.25) is 10.0 Å². The van der Waals surface area contributed by atoms with Crippen molar-refractivity contribution < 1.29 is 13.2 Å². The fraction of sp³-hybridized carbons (Fsp3) is 0.462. The van der Waals surface area contributed by atoms with Crippen LogP contribution in [0.25, 0.3) is 0 Å². The maximum absolute atomic E-state index is 12.0. The van der Waals surface area contributed by atoms with Crippen molar-refractivity contribution in [1.82, 2.24) is 4.72 Å². The molecule has 5 heteroatoms. The van der Waals surface area contributed by atoms with Crippen molar-refractivity contribution in [3.8, 4) is 0 Å². The highest BCUT2D eigenvalue weighted by Gasteiger charge is 2.21. The molecule has 0 spiro atoms. The molecule has 0 aliphatic carbocycles. The van der Waals surface area contributed by atoms with E-state index in [1.807, 2.05) is 0 Å². The molecular weight excluding hydrogens is 250 g/mol. The number of carbonyl (C=O) groups excluding carboxylic acids is 1. The standard InChI is InChI=1S/C13H19NO3S/c1-5-12(15)10-6-8-11(9-7-10)18(16,17)14-13(2,3)4/h6-9,14H,5H2,1-4H3. The molecule has 4 nitrogen and oxygen atoms in total. The Kier molecular flexibility index (Phi) is 4.29. The molecular formula is C13H19NO3S. The lowest BCUT2D eigenvalue weighted by Gasteiger charge is -2.20.